The van der Waals surface area contributed by atoms with Crippen molar-refractivity contribution >= 4 is 60.5 Å². The van der Waals surface area contributed by atoms with Crippen LogP contribution in [0.4, 0.5) is 17.1 Å². The van der Waals surface area contributed by atoms with Crippen LogP contribution in [0.25, 0.3) is 76.9 Å². The normalized spacial score (nSPS) is 12.8. The predicted molar refractivity (Wildman–Crippen MR) is 300 cm³/mol. The van der Waals surface area contributed by atoms with Crippen molar-refractivity contribution in [1.29, 1.82) is 0 Å². The second kappa shape index (κ2) is 16.3. The number of nitrogens with zero attached hydrogens (tertiary/aromatic N) is 1. The van der Waals surface area contributed by atoms with E-state index in [1.54, 1.807) is 0 Å². The number of aryl methyl sites for hydroxylation is 6. The summed E-state index contributed by atoms with van der Waals surface area (Å²) in [5, 5.41) is 7.19. The molecule has 0 unspecified atom stereocenters. The van der Waals surface area contributed by atoms with Crippen LogP contribution in [0, 0.1) is 41.5 Å². The average Bonchev–Trinajstić information content (AvgIpc) is 3.89. The summed E-state index contributed by atoms with van der Waals surface area (Å²) in [4.78, 5) is 2.46. The fraction of sp³-hybridized carbons (Fsp3) is 0.101. The number of hydrogen-bond acceptors (Lipinski definition) is 2. The topological polar surface area (TPSA) is 16.4 Å². The second-order valence-electron chi connectivity index (χ2n) is 20.0. The maximum atomic E-state index is 6.62. The first-order chi connectivity index (χ1) is 34.6. The van der Waals surface area contributed by atoms with Crippen LogP contribution in [0.1, 0.15) is 55.6 Å². The van der Waals surface area contributed by atoms with Crippen LogP contribution in [0.3, 0.4) is 0 Å². The van der Waals surface area contributed by atoms with Crippen LogP contribution in [-0.4, -0.2) is 0 Å². The van der Waals surface area contributed by atoms with Crippen molar-refractivity contribution in [2.45, 2.75) is 47.0 Å². The molecular weight excluding hydrogens is 859 g/mol. The van der Waals surface area contributed by atoms with Crippen molar-refractivity contribution in [3.05, 3.63) is 268 Å². The number of rotatable bonds is 7. The highest BCUT2D eigenvalue weighted by atomic mass is 16.3. The van der Waals surface area contributed by atoms with Crippen LogP contribution in [-0.2, 0) is 5.41 Å². The number of hydrogen-bond donors (Lipinski definition) is 0. The summed E-state index contributed by atoms with van der Waals surface area (Å²) in [6.45, 7) is 13.7. The van der Waals surface area contributed by atoms with E-state index in [1.165, 1.54) is 111 Å². The molecule has 1 aliphatic rings. The Bertz CT molecular complexity index is 4030. The minimum atomic E-state index is -0.573. The lowest BCUT2D eigenvalue weighted by atomic mass is 9.63. The van der Waals surface area contributed by atoms with E-state index in [9.17, 15) is 0 Å². The van der Waals surface area contributed by atoms with Gasteiger partial charge in [-0.25, -0.2) is 0 Å². The largest absolute Gasteiger partial charge is 0.456 e. The van der Waals surface area contributed by atoms with Crippen LogP contribution >= 0.6 is 0 Å². The van der Waals surface area contributed by atoms with E-state index in [0.29, 0.717) is 0 Å². The van der Waals surface area contributed by atoms with E-state index >= 15 is 0 Å². The van der Waals surface area contributed by atoms with Crippen molar-refractivity contribution in [2.75, 3.05) is 4.90 Å². The van der Waals surface area contributed by atoms with Gasteiger partial charge in [0.05, 0.1) is 11.1 Å². The minimum absolute atomic E-state index is 0.573. The zero-order valence-corrected chi connectivity index (χ0v) is 41.1. The van der Waals surface area contributed by atoms with Gasteiger partial charge in [-0.1, -0.05) is 163 Å². The van der Waals surface area contributed by atoms with E-state index < -0.39 is 5.41 Å². The molecule has 71 heavy (non-hydrogen) atoms. The van der Waals surface area contributed by atoms with E-state index in [0.717, 1.165) is 39.0 Å². The number of fused-ring (bicyclic) bond motifs is 8. The van der Waals surface area contributed by atoms with Gasteiger partial charge in [-0.05, 0) is 190 Å². The molecule has 0 saturated heterocycles. The summed E-state index contributed by atoms with van der Waals surface area (Å²) in [5.74, 6) is 0. The third-order valence-electron chi connectivity index (χ3n) is 15.4. The van der Waals surface area contributed by atoms with Gasteiger partial charge in [0.2, 0.25) is 0 Å². The highest BCUT2D eigenvalue weighted by Gasteiger charge is 2.50. The SMILES string of the molecule is Cc1cc(C)c(C2(c3c(C)cc(C)cc3C)c3ccccc3-c3c(N(c4ccc(-c5ccc6cc(-c7ccc8ccccc8c7)ccc6c5)cc4)c4ccc5c(c4)oc4ccccc45)cccc32)c(C)c1. The molecule has 1 heterocycles. The Hall–Kier alpha value is -8.46. The monoisotopic (exact) mass is 911 g/mol. The Morgan fingerprint density at radius 2 is 0.845 bits per heavy atom. The van der Waals surface area contributed by atoms with Crippen molar-refractivity contribution in [3.8, 4) is 33.4 Å². The molecule has 0 atom stereocenters. The molecule has 1 aliphatic carbocycles. The van der Waals surface area contributed by atoms with Gasteiger partial charge in [0.25, 0.3) is 0 Å². The summed E-state index contributed by atoms with van der Waals surface area (Å²) in [6.07, 6.45) is 0. The lowest BCUT2D eigenvalue weighted by Gasteiger charge is -2.39. The Balaban J connectivity index is 0.995. The minimum Gasteiger partial charge on any atom is -0.456 e. The molecule has 0 fully saturated rings. The number of anilines is 3. The first kappa shape index (κ1) is 42.6. The zero-order valence-electron chi connectivity index (χ0n) is 41.1. The fourth-order valence-electron chi connectivity index (χ4n) is 12.8. The molecule has 0 bridgehead atoms. The van der Waals surface area contributed by atoms with E-state index in [-0.39, 0.29) is 0 Å². The van der Waals surface area contributed by atoms with Gasteiger partial charge >= 0.3 is 0 Å². The Morgan fingerprint density at radius 1 is 0.352 bits per heavy atom. The van der Waals surface area contributed by atoms with Crippen LogP contribution < -0.4 is 4.90 Å². The first-order valence-electron chi connectivity index (χ1n) is 24.9. The smallest absolute Gasteiger partial charge is 0.137 e. The van der Waals surface area contributed by atoms with Crippen LogP contribution in [0.2, 0.25) is 0 Å². The van der Waals surface area contributed by atoms with Gasteiger partial charge in [0.15, 0.2) is 0 Å². The highest BCUT2D eigenvalue weighted by Crippen LogP contribution is 2.61. The van der Waals surface area contributed by atoms with E-state index in [4.69, 9.17) is 4.42 Å². The lowest BCUT2D eigenvalue weighted by molar-refractivity contribution is 0.669. The van der Waals surface area contributed by atoms with Crippen LogP contribution in [0.15, 0.2) is 217 Å². The fourth-order valence-corrected chi connectivity index (χ4v) is 12.8. The maximum absolute atomic E-state index is 6.62. The molecule has 0 amide bonds. The Kier molecular flexibility index (Phi) is 9.80. The van der Waals surface area contributed by atoms with E-state index in [1.807, 2.05) is 6.07 Å². The molecular formula is C69H53NO. The molecule has 0 radical (unpaired) electrons. The summed E-state index contributed by atoms with van der Waals surface area (Å²) in [6, 6.07) is 79.0. The average molecular weight is 912 g/mol. The van der Waals surface area contributed by atoms with Gasteiger partial charge in [-0.3, -0.25) is 0 Å². The van der Waals surface area contributed by atoms with Crippen molar-refractivity contribution in [2.24, 2.45) is 0 Å². The summed E-state index contributed by atoms with van der Waals surface area (Å²) < 4.78 is 6.62. The summed E-state index contributed by atoms with van der Waals surface area (Å²) in [5.41, 5.74) is 24.8. The quantitative estimate of drug-likeness (QED) is 0.158. The molecule has 0 aliphatic heterocycles. The molecule has 2 heteroatoms. The standard InChI is InChI=1S/C69H53NO/c1-42-34-44(3)67(45(4)35-42)69(68-46(5)36-43(2)37-47(68)6)61-18-11-9-17-60(61)66-62(69)19-13-20-63(66)70(57-32-33-59-58-16-10-12-21-64(58)71-65(59)41-57)56-30-28-49(29-31-56)51-24-25-54-40-55(27-26-53(54)39-51)52-23-22-48-14-7-8-15-50(48)38-52/h7-41H,1-6H3. The molecule has 12 aromatic rings. The lowest BCUT2D eigenvalue weighted by Crippen LogP contribution is -2.32. The van der Waals surface area contributed by atoms with Crippen LogP contribution in [0.5, 0.6) is 0 Å². The predicted octanol–water partition coefficient (Wildman–Crippen LogP) is 18.9. The molecule has 13 rings (SSSR count). The highest BCUT2D eigenvalue weighted by molar-refractivity contribution is 6.07. The third kappa shape index (κ3) is 6.69. The second-order valence-corrected chi connectivity index (χ2v) is 20.0. The van der Waals surface area contributed by atoms with Crippen molar-refractivity contribution < 1.29 is 4.42 Å². The number of benzene rings is 11. The van der Waals surface area contributed by atoms with Crippen molar-refractivity contribution in [3.63, 3.8) is 0 Å². The molecule has 0 spiro atoms. The van der Waals surface area contributed by atoms with Gasteiger partial charge in [-0.15, -0.1) is 0 Å². The molecule has 340 valence electrons. The Morgan fingerprint density at radius 3 is 1.51 bits per heavy atom. The number of furan rings is 1. The van der Waals surface area contributed by atoms with Gasteiger partial charge in [0.1, 0.15) is 11.2 Å². The van der Waals surface area contributed by atoms with E-state index in [2.05, 4.69) is 253 Å². The van der Waals surface area contributed by atoms with Crippen molar-refractivity contribution in [1.82, 2.24) is 0 Å². The van der Waals surface area contributed by atoms with Gasteiger partial charge < -0.3 is 9.32 Å². The summed E-state index contributed by atoms with van der Waals surface area (Å²) in [7, 11) is 0. The zero-order chi connectivity index (χ0) is 48.1. The summed E-state index contributed by atoms with van der Waals surface area (Å²) >= 11 is 0. The molecule has 1 aromatic heterocycles. The number of para-hydroxylation sites is 1. The molecule has 11 aromatic carbocycles. The molecule has 0 saturated carbocycles. The first-order valence-corrected chi connectivity index (χ1v) is 24.9. The Labute approximate surface area is 416 Å². The molecule has 2 nitrogen and oxygen atoms in total. The maximum Gasteiger partial charge on any atom is 0.137 e. The van der Waals surface area contributed by atoms with Gasteiger partial charge in [-0.2, -0.15) is 0 Å². The third-order valence-corrected chi connectivity index (χ3v) is 15.4. The molecule has 0 N–H and O–H groups in total. The van der Waals surface area contributed by atoms with Gasteiger partial charge in [0, 0.05) is 33.8 Å².